The fraction of sp³-hybridized carbons (Fsp3) is 0.364. The van der Waals surface area contributed by atoms with E-state index in [-0.39, 0.29) is 5.91 Å². The van der Waals surface area contributed by atoms with Gasteiger partial charge in [0.05, 0.1) is 17.6 Å². The molecule has 3 heterocycles. The highest BCUT2D eigenvalue weighted by molar-refractivity contribution is 6.05. The Kier molecular flexibility index (Phi) is 4.30. The Morgan fingerprint density at radius 3 is 2.76 bits per heavy atom. The highest BCUT2D eigenvalue weighted by Crippen LogP contribution is 2.35. The van der Waals surface area contributed by atoms with Crippen LogP contribution in [0.5, 0.6) is 0 Å². The molecule has 7 heteroatoms. The highest BCUT2D eigenvalue weighted by atomic mass is 16.3. The summed E-state index contributed by atoms with van der Waals surface area (Å²) in [5, 5.41) is 12.5. The number of fused-ring (bicyclic) bond motifs is 3. The molecule has 1 saturated carbocycles. The summed E-state index contributed by atoms with van der Waals surface area (Å²) in [5.74, 6) is 2.38. The van der Waals surface area contributed by atoms with Crippen molar-refractivity contribution in [3.8, 4) is 0 Å². The minimum Gasteiger partial charge on any atom is -0.465 e. The molecule has 0 aliphatic heterocycles. The summed E-state index contributed by atoms with van der Waals surface area (Å²) in [4.78, 5) is 17.4. The lowest BCUT2D eigenvalue weighted by Gasteiger charge is -2.15. The van der Waals surface area contributed by atoms with Crippen molar-refractivity contribution in [2.24, 2.45) is 0 Å². The molecule has 0 unspecified atom stereocenters. The number of nitrogens with one attached hydrogen (secondary N) is 1. The van der Waals surface area contributed by atoms with E-state index < -0.39 is 0 Å². The molecule has 7 nitrogen and oxygen atoms in total. The molecule has 0 atom stereocenters. The lowest BCUT2D eigenvalue weighted by atomic mass is 10.1. The molecule has 1 fully saturated rings. The minimum absolute atomic E-state index is 0.144. The van der Waals surface area contributed by atoms with Crippen molar-refractivity contribution in [3.05, 3.63) is 53.2 Å². The maximum absolute atomic E-state index is 12.7. The first kappa shape index (κ1) is 17.8. The molecule has 1 amide bonds. The highest BCUT2D eigenvalue weighted by Gasteiger charge is 2.23. The Balaban J connectivity index is 1.54. The molecule has 0 bridgehead atoms. The van der Waals surface area contributed by atoms with Gasteiger partial charge in [-0.1, -0.05) is 12.8 Å². The van der Waals surface area contributed by atoms with Crippen LogP contribution in [0.4, 0.5) is 0 Å². The molecule has 1 N–H and O–H groups in total. The van der Waals surface area contributed by atoms with Crippen LogP contribution >= 0.6 is 0 Å². The van der Waals surface area contributed by atoms with Crippen molar-refractivity contribution in [2.45, 2.75) is 52.1 Å². The number of furan rings is 1. The number of carbonyl (C=O) groups excluding carboxylic acids is 1. The van der Waals surface area contributed by atoms with Gasteiger partial charge in [-0.3, -0.25) is 4.79 Å². The van der Waals surface area contributed by atoms with E-state index in [9.17, 15) is 4.79 Å². The Bertz CT molecular complexity index is 1220. The van der Waals surface area contributed by atoms with Crippen LogP contribution in [0.25, 0.3) is 22.1 Å². The fourth-order valence-electron chi connectivity index (χ4n) is 4.36. The molecule has 0 spiro atoms. The van der Waals surface area contributed by atoms with Gasteiger partial charge < -0.3 is 14.3 Å². The average molecular weight is 389 g/mol. The van der Waals surface area contributed by atoms with E-state index in [1.54, 1.807) is 6.07 Å². The molecule has 1 aliphatic rings. The number of rotatable bonds is 4. The summed E-state index contributed by atoms with van der Waals surface area (Å²) in [6, 6.07) is 9.75. The first-order chi connectivity index (χ1) is 14.1. The smallest absolute Gasteiger partial charge is 0.251 e. The van der Waals surface area contributed by atoms with Crippen LogP contribution < -0.4 is 5.32 Å². The van der Waals surface area contributed by atoms with E-state index >= 15 is 0 Å². The molecule has 29 heavy (non-hydrogen) atoms. The lowest BCUT2D eigenvalue weighted by Crippen LogP contribution is -2.22. The van der Waals surface area contributed by atoms with E-state index in [0.29, 0.717) is 23.8 Å². The second-order valence-corrected chi connectivity index (χ2v) is 7.77. The Labute approximate surface area is 168 Å². The predicted octanol–water partition coefficient (Wildman–Crippen LogP) is 4.23. The van der Waals surface area contributed by atoms with Crippen molar-refractivity contribution in [1.82, 2.24) is 25.1 Å². The first-order valence-corrected chi connectivity index (χ1v) is 10.1. The summed E-state index contributed by atoms with van der Waals surface area (Å²) in [6.45, 7) is 4.26. The third-order valence-electron chi connectivity index (χ3n) is 5.74. The predicted molar refractivity (Wildman–Crippen MR) is 110 cm³/mol. The summed E-state index contributed by atoms with van der Waals surface area (Å²) in [6.07, 6.45) is 4.78. The summed E-state index contributed by atoms with van der Waals surface area (Å²) in [5.41, 5.74) is 2.99. The number of nitrogens with zero attached hydrogens (tertiary/aromatic N) is 4. The number of benzene rings is 1. The van der Waals surface area contributed by atoms with Crippen LogP contribution in [0.3, 0.4) is 0 Å². The molecule has 3 aromatic heterocycles. The number of hydrogen-bond acceptors (Lipinski definition) is 5. The zero-order valence-electron chi connectivity index (χ0n) is 16.6. The molecule has 4 aromatic rings. The molecule has 5 rings (SSSR count). The lowest BCUT2D eigenvalue weighted by molar-refractivity contribution is 0.0948. The summed E-state index contributed by atoms with van der Waals surface area (Å²) in [7, 11) is 0. The third-order valence-corrected chi connectivity index (χ3v) is 5.74. The largest absolute Gasteiger partial charge is 0.465 e. The van der Waals surface area contributed by atoms with Gasteiger partial charge in [0.25, 0.3) is 5.91 Å². The van der Waals surface area contributed by atoms with Gasteiger partial charge in [-0.15, -0.1) is 10.2 Å². The van der Waals surface area contributed by atoms with Gasteiger partial charge in [0, 0.05) is 17.0 Å². The van der Waals surface area contributed by atoms with Crippen LogP contribution in [0.15, 0.2) is 34.7 Å². The number of aryl methyl sites for hydroxylation is 2. The molecule has 0 radical (unpaired) electrons. The molecule has 1 aromatic carbocycles. The van der Waals surface area contributed by atoms with Gasteiger partial charge >= 0.3 is 0 Å². The van der Waals surface area contributed by atoms with E-state index in [1.807, 2.05) is 38.1 Å². The van der Waals surface area contributed by atoms with Crippen molar-refractivity contribution in [3.63, 3.8) is 0 Å². The number of aromatic nitrogens is 4. The van der Waals surface area contributed by atoms with Gasteiger partial charge in [0.1, 0.15) is 17.3 Å². The van der Waals surface area contributed by atoms with Crippen LogP contribution in [-0.2, 0) is 6.54 Å². The number of carbonyl (C=O) groups is 1. The maximum atomic E-state index is 12.7. The maximum Gasteiger partial charge on any atom is 0.251 e. The second kappa shape index (κ2) is 6.99. The van der Waals surface area contributed by atoms with Gasteiger partial charge in [0.15, 0.2) is 0 Å². The third kappa shape index (κ3) is 3.16. The van der Waals surface area contributed by atoms with Gasteiger partial charge in [-0.2, -0.15) is 0 Å². The zero-order chi connectivity index (χ0) is 20.0. The van der Waals surface area contributed by atoms with E-state index in [2.05, 4.69) is 25.1 Å². The van der Waals surface area contributed by atoms with Crippen LogP contribution in [0, 0.1) is 13.8 Å². The van der Waals surface area contributed by atoms with Crippen LogP contribution in [0.2, 0.25) is 0 Å². The van der Waals surface area contributed by atoms with Crippen molar-refractivity contribution in [2.75, 3.05) is 0 Å². The van der Waals surface area contributed by atoms with Gasteiger partial charge in [-0.05, 0) is 57.0 Å². The van der Waals surface area contributed by atoms with Crippen molar-refractivity contribution >= 4 is 28.0 Å². The van der Waals surface area contributed by atoms with Crippen molar-refractivity contribution < 1.29 is 9.21 Å². The molecular formula is C22H23N5O2. The standard InChI is InChI=1S/C22H23N5O2/c1-13-7-9-17(29-13)12-23-22(28)15-8-10-19-18(11-15)20-21(26-25-19)24-14(2)27(20)16-5-3-4-6-16/h7-11,16H,3-6,12H2,1-2H3,(H,23,28). The average Bonchev–Trinajstić information content (AvgIpc) is 3.45. The molecule has 1 aliphatic carbocycles. The summed E-state index contributed by atoms with van der Waals surface area (Å²) >= 11 is 0. The second-order valence-electron chi connectivity index (χ2n) is 7.77. The van der Waals surface area contributed by atoms with E-state index in [0.717, 1.165) is 46.6 Å². The number of imidazole rings is 1. The van der Waals surface area contributed by atoms with Crippen LogP contribution in [0.1, 0.15) is 59.4 Å². The van der Waals surface area contributed by atoms with Gasteiger partial charge in [-0.25, -0.2) is 4.98 Å². The Morgan fingerprint density at radius 1 is 1.17 bits per heavy atom. The topological polar surface area (TPSA) is 85.8 Å². The first-order valence-electron chi connectivity index (χ1n) is 10.1. The van der Waals surface area contributed by atoms with E-state index in [1.165, 1.54) is 12.8 Å². The number of hydrogen-bond donors (Lipinski definition) is 1. The Morgan fingerprint density at radius 2 is 2.00 bits per heavy atom. The Hall–Kier alpha value is -3.22. The van der Waals surface area contributed by atoms with Crippen LogP contribution in [-0.4, -0.2) is 25.7 Å². The SMILES string of the molecule is Cc1ccc(CNC(=O)c2ccc3nnc4nc(C)n(C5CCCC5)c4c3c2)o1. The monoisotopic (exact) mass is 389 g/mol. The molecule has 0 saturated heterocycles. The molecule has 148 valence electrons. The normalized spacial score (nSPS) is 14.8. The zero-order valence-corrected chi connectivity index (χ0v) is 16.6. The molecular weight excluding hydrogens is 366 g/mol. The quantitative estimate of drug-likeness (QED) is 0.564. The van der Waals surface area contributed by atoms with E-state index in [4.69, 9.17) is 4.42 Å². The number of amides is 1. The summed E-state index contributed by atoms with van der Waals surface area (Å²) < 4.78 is 7.83. The van der Waals surface area contributed by atoms with Crippen molar-refractivity contribution in [1.29, 1.82) is 0 Å². The minimum atomic E-state index is -0.144. The van der Waals surface area contributed by atoms with Gasteiger partial charge in [0.2, 0.25) is 5.65 Å². The fourth-order valence-corrected chi connectivity index (χ4v) is 4.36.